The first-order valence-corrected chi connectivity index (χ1v) is 18.8. The summed E-state index contributed by atoms with van der Waals surface area (Å²) in [4.78, 5) is 34.5. The Hall–Kier alpha value is -5.99. The van der Waals surface area contributed by atoms with E-state index in [1.165, 1.54) is 11.3 Å². The highest BCUT2D eigenvalue weighted by Crippen LogP contribution is 2.38. The van der Waals surface area contributed by atoms with Crippen molar-refractivity contribution in [2.75, 3.05) is 5.73 Å². The first kappa shape index (κ1) is 36.8. The fourth-order valence-electron chi connectivity index (χ4n) is 5.36. The molecule has 0 saturated heterocycles. The summed E-state index contributed by atoms with van der Waals surface area (Å²) in [7, 11) is 0. The van der Waals surface area contributed by atoms with E-state index in [4.69, 9.17) is 22.3 Å². The molecule has 5 nitrogen and oxygen atoms in total. The van der Waals surface area contributed by atoms with Gasteiger partial charge in [-0.25, -0.2) is 9.97 Å². The van der Waals surface area contributed by atoms with Crippen LogP contribution < -0.4 is 5.73 Å². The molecule has 260 valence electrons. The van der Waals surface area contributed by atoms with Crippen molar-refractivity contribution >= 4 is 50.4 Å². The molecule has 0 spiro atoms. The van der Waals surface area contributed by atoms with Crippen molar-refractivity contribution in [2.24, 2.45) is 0 Å². The number of nitrogens with zero attached hydrogens (tertiary/aromatic N) is 2. The van der Waals surface area contributed by atoms with Gasteiger partial charge in [0.15, 0.2) is 10.9 Å². The predicted molar refractivity (Wildman–Crippen MR) is 221 cm³/mol. The second kappa shape index (κ2) is 18.5. The number of halogens is 1. The molecule has 2 N–H and O–H groups in total. The molecule has 0 aliphatic rings. The highest BCUT2D eigenvalue weighted by Gasteiger charge is 2.17. The maximum atomic E-state index is 12.6. The van der Waals surface area contributed by atoms with Gasteiger partial charge in [0.1, 0.15) is 5.01 Å². The van der Waals surface area contributed by atoms with E-state index in [0.29, 0.717) is 17.1 Å². The third kappa shape index (κ3) is 10.1. The molecule has 8 aromatic rings. The molecular formula is C45H34ClN3O2S2. The normalized spacial score (nSPS) is 10.3. The maximum absolute atomic E-state index is 12.6. The summed E-state index contributed by atoms with van der Waals surface area (Å²) in [6.45, 7) is 0. The molecule has 0 amide bonds. The number of hydrogen-bond acceptors (Lipinski definition) is 7. The molecule has 0 fully saturated rings. The van der Waals surface area contributed by atoms with Crippen molar-refractivity contribution in [1.82, 2.24) is 9.97 Å². The molecule has 8 rings (SSSR count). The molecule has 0 aliphatic carbocycles. The average molecular weight is 748 g/mol. The third-order valence-corrected chi connectivity index (χ3v) is 10.1. The minimum Gasteiger partial charge on any atom is -0.375 e. The number of ketones is 1. The van der Waals surface area contributed by atoms with Crippen molar-refractivity contribution in [3.8, 4) is 43.4 Å². The van der Waals surface area contributed by atoms with Gasteiger partial charge >= 0.3 is 0 Å². The van der Waals surface area contributed by atoms with E-state index in [1.54, 1.807) is 35.6 Å². The Morgan fingerprint density at radius 1 is 0.472 bits per heavy atom. The van der Waals surface area contributed by atoms with Crippen LogP contribution in [0.4, 0.5) is 5.13 Å². The molecular weight excluding hydrogens is 714 g/mol. The second-order valence-corrected chi connectivity index (χ2v) is 14.0. The topological polar surface area (TPSA) is 85.9 Å². The molecule has 2 aromatic heterocycles. The minimum absolute atomic E-state index is 0.0959. The number of nitrogens with two attached hydrogens (primary N) is 1. The quantitative estimate of drug-likeness (QED) is 0.124. The number of benzene rings is 6. The molecule has 0 radical (unpaired) electrons. The Morgan fingerprint density at radius 3 is 1.25 bits per heavy atom. The van der Waals surface area contributed by atoms with E-state index in [0.717, 1.165) is 54.0 Å². The molecule has 0 aliphatic heterocycles. The van der Waals surface area contributed by atoms with Crippen LogP contribution in [0.1, 0.15) is 25.7 Å². The number of hydrogen-bond donors (Lipinski definition) is 1. The van der Waals surface area contributed by atoms with Crippen LogP contribution in [-0.4, -0.2) is 21.0 Å². The summed E-state index contributed by atoms with van der Waals surface area (Å²) in [5, 5.41) is 1.04. The summed E-state index contributed by atoms with van der Waals surface area (Å²) in [6, 6.07) is 58.9. The van der Waals surface area contributed by atoms with Crippen LogP contribution in [0.2, 0.25) is 0 Å². The van der Waals surface area contributed by atoms with Crippen LogP contribution in [-0.2, 0) is 6.42 Å². The van der Waals surface area contributed by atoms with Crippen molar-refractivity contribution in [1.29, 1.82) is 0 Å². The molecule has 8 heteroatoms. The Balaban J connectivity index is 0.000000153. The molecule has 0 atom stereocenters. The lowest BCUT2D eigenvalue weighted by molar-refractivity contribution is 0.0992. The highest BCUT2D eigenvalue weighted by atomic mass is 35.5. The van der Waals surface area contributed by atoms with E-state index in [9.17, 15) is 9.59 Å². The largest absolute Gasteiger partial charge is 0.375 e. The van der Waals surface area contributed by atoms with E-state index in [-0.39, 0.29) is 5.78 Å². The van der Waals surface area contributed by atoms with E-state index < -0.39 is 5.24 Å². The fraction of sp³-hybridized carbons (Fsp3) is 0.0222. The molecule has 0 bridgehead atoms. The zero-order valence-electron chi connectivity index (χ0n) is 28.5. The summed E-state index contributed by atoms with van der Waals surface area (Å²) in [6.07, 6.45) is 0.321. The summed E-state index contributed by atoms with van der Waals surface area (Å²) < 4.78 is 0. The van der Waals surface area contributed by atoms with Crippen molar-refractivity contribution < 1.29 is 9.59 Å². The maximum Gasteiger partial charge on any atom is 0.252 e. The molecule has 6 aromatic carbocycles. The first-order chi connectivity index (χ1) is 26.0. The van der Waals surface area contributed by atoms with Gasteiger partial charge in [-0.3, -0.25) is 9.59 Å². The van der Waals surface area contributed by atoms with Gasteiger partial charge in [-0.2, -0.15) is 0 Å². The minimum atomic E-state index is -0.407. The van der Waals surface area contributed by atoms with Crippen molar-refractivity contribution in [3.05, 3.63) is 198 Å². The zero-order valence-corrected chi connectivity index (χ0v) is 30.9. The summed E-state index contributed by atoms with van der Waals surface area (Å²) in [5.74, 6) is 0.0959. The summed E-state index contributed by atoms with van der Waals surface area (Å²) in [5.41, 5.74) is 13.5. The smallest absolute Gasteiger partial charge is 0.252 e. The van der Waals surface area contributed by atoms with Crippen LogP contribution in [0.15, 0.2) is 182 Å². The number of nitrogen functional groups attached to an aromatic ring is 1. The molecule has 2 heterocycles. The standard InChI is InChI=1S/C23H17NOS.C15H12N2S.C7H5ClO/c25-20(17-10-4-1-5-11-17)16-21-24-22(18-12-6-2-7-13-18)23(26-21)19-14-8-3-9-15-19;16-15-17-13(11-7-3-1-4-8-11)14(18-15)12-9-5-2-6-10-12;8-7(9)6-4-2-1-3-5-6/h1-15H,16H2;1-10H,(H2,16,17);1-5H. The lowest BCUT2D eigenvalue weighted by Gasteiger charge is -2.02. The Morgan fingerprint density at radius 2 is 0.830 bits per heavy atom. The Labute approximate surface area is 322 Å². The molecule has 0 unspecified atom stereocenters. The highest BCUT2D eigenvalue weighted by molar-refractivity contribution is 7.19. The van der Waals surface area contributed by atoms with Gasteiger partial charge in [0, 0.05) is 22.3 Å². The summed E-state index contributed by atoms with van der Waals surface area (Å²) >= 11 is 8.29. The molecule has 0 saturated carbocycles. The van der Waals surface area contributed by atoms with E-state index in [1.807, 2.05) is 109 Å². The number of Topliss-reactive ketones (excluding diaryl/α,β-unsaturated/α-hetero) is 1. The number of rotatable bonds is 8. The van der Waals surface area contributed by atoms with E-state index >= 15 is 0 Å². The SMILES string of the molecule is Nc1nc(-c2ccccc2)c(-c2ccccc2)s1.O=C(Cc1nc(-c2ccccc2)c(-c2ccccc2)s1)c1ccccc1.O=C(Cl)c1ccccc1. The number of anilines is 1. The average Bonchev–Trinajstić information content (AvgIpc) is 3.84. The Kier molecular flexibility index (Phi) is 12.8. The first-order valence-electron chi connectivity index (χ1n) is 16.8. The van der Waals surface area contributed by atoms with Gasteiger partial charge in [-0.15, -0.1) is 11.3 Å². The van der Waals surface area contributed by atoms with Gasteiger partial charge in [0.05, 0.1) is 27.6 Å². The van der Waals surface area contributed by atoms with Crippen molar-refractivity contribution in [2.45, 2.75) is 6.42 Å². The van der Waals surface area contributed by atoms with Gasteiger partial charge in [0.25, 0.3) is 5.24 Å². The second-order valence-electron chi connectivity index (χ2n) is 11.6. The van der Waals surface area contributed by atoms with Gasteiger partial charge < -0.3 is 5.73 Å². The number of thiazole rings is 2. The van der Waals surface area contributed by atoms with E-state index in [2.05, 4.69) is 53.5 Å². The number of carbonyl (C=O) groups is 2. The van der Waals surface area contributed by atoms with Crippen LogP contribution in [0.5, 0.6) is 0 Å². The fourth-order valence-corrected chi connectivity index (χ4v) is 7.44. The monoisotopic (exact) mass is 747 g/mol. The number of carbonyl (C=O) groups excluding carboxylic acids is 2. The Bertz CT molecular complexity index is 2240. The van der Waals surface area contributed by atoms with Gasteiger partial charge in [0.2, 0.25) is 0 Å². The van der Waals surface area contributed by atoms with Gasteiger partial charge in [-0.05, 0) is 22.7 Å². The zero-order chi connectivity index (χ0) is 36.8. The lowest BCUT2D eigenvalue weighted by atomic mass is 10.1. The van der Waals surface area contributed by atoms with Crippen LogP contribution in [0.3, 0.4) is 0 Å². The van der Waals surface area contributed by atoms with Crippen LogP contribution >= 0.6 is 34.3 Å². The van der Waals surface area contributed by atoms with Gasteiger partial charge in [-0.1, -0.05) is 193 Å². The van der Waals surface area contributed by atoms with Crippen LogP contribution in [0, 0.1) is 0 Å². The number of aromatic nitrogens is 2. The predicted octanol–water partition coefficient (Wildman–Crippen LogP) is 12.0. The van der Waals surface area contributed by atoms with Crippen LogP contribution in [0.25, 0.3) is 43.4 Å². The van der Waals surface area contributed by atoms with Crippen molar-refractivity contribution in [3.63, 3.8) is 0 Å². The molecule has 53 heavy (non-hydrogen) atoms. The lowest BCUT2D eigenvalue weighted by Crippen LogP contribution is -2.02. The third-order valence-electron chi connectivity index (χ3n) is 7.89.